The van der Waals surface area contributed by atoms with Crippen LogP contribution in [0.1, 0.15) is 20.8 Å². The summed E-state index contributed by atoms with van der Waals surface area (Å²) in [6, 6.07) is 5.21. The van der Waals surface area contributed by atoms with Crippen molar-refractivity contribution in [2.45, 2.75) is 0 Å². The van der Waals surface area contributed by atoms with E-state index in [9.17, 15) is 9.59 Å². The second kappa shape index (κ2) is 6.65. The molecule has 2 heterocycles. The number of nitrogens with zero attached hydrogens (tertiary/aromatic N) is 3. The highest BCUT2D eigenvalue weighted by Gasteiger charge is 2.08. The third-order valence-electron chi connectivity index (χ3n) is 3.17. The van der Waals surface area contributed by atoms with Crippen molar-refractivity contribution in [2.75, 3.05) is 13.1 Å². The van der Waals surface area contributed by atoms with E-state index in [4.69, 9.17) is 0 Å². The fraction of sp³-hybridized carbons (Fsp3) is 0.133. The monoisotopic (exact) mass is 310 g/mol. The van der Waals surface area contributed by atoms with E-state index in [-0.39, 0.29) is 17.5 Å². The highest BCUT2D eigenvalue weighted by Crippen LogP contribution is 2.11. The lowest BCUT2D eigenvalue weighted by Gasteiger charge is -2.07. The van der Waals surface area contributed by atoms with Gasteiger partial charge in [0.25, 0.3) is 11.8 Å². The fourth-order valence-electron chi connectivity index (χ4n) is 2.04. The maximum absolute atomic E-state index is 12.0. The summed E-state index contributed by atoms with van der Waals surface area (Å²) >= 11 is 0. The summed E-state index contributed by atoms with van der Waals surface area (Å²) < 4.78 is 0. The molecule has 8 heteroatoms. The van der Waals surface area contributed by atoms with E-state index in [1.807, 2.05) is 0 Å². The summed E-state index contributed by atoms with van der Waals surface area (Å²) in [5, 5.41) is 5.40. The molecule has 1 aromatic carbocycles. The van der Waals surface area contributed by atoms with Crippen molar-refractivity contribution < 1.29 is 9.59 Å². The molecule has 0 unspecified atom stereocenters. The Kier molecular flexibility index (Phi) is 4.23. The molecular weight excluding hydrogens is 296 g/mol. The Bertz CT molecular complexity index is 830. The molecule has 0 spiro atoms. The zero-order chi connectivity index (χ0) is 16.1. The van der Waals surface area contributed by atoms with Crippen LogP contribution in [0.4, 0.5) is 0 Å². The molecule has 0 saturated heterocycles. The highest BCUT2D eigenvalue weighted by molar-refractivity contribution is 5.97. The van der Waals surface area contributed by atoms with Gasteiger partial charge < -0.3 is 15.6 Å². The van der Waals surface area contributed by atoms with Gasteiger partial charge in [-0.25, -0.2) is 9.97 Å². The Morgan fingerprint density at radius 1 is 1.04 bits per heavy atom. The van der Waals surface area contributed by atoms with Crippen molar-refractivity contribution in [2.24, 2.45) is 0 Å². The lowest BCUT2D eigenvalue weighted by atomic mass is 10.2. The molecule has 2 amide bonds. The first-order valence-corrected chi connectivity index (χ1v) is 6.99. The van der Waals surface area contributed by atoms with Crippen molar-refractivity contribution in [1.29, 1.82) is 0 Å². The molecule has 0 radical (unpaired) electrons. The van der Waals surface area contributed by atoms with Crippen LogP contribution >= 0.6 is 0 Å². The van der Waals surface area contributed by atoms with E-state index in [1.54, 1.807) is 24.5 Å². The number of hydrogen-bond donors (Lipinski definition) is 3. The van der Waals surface area contributed by atoms with Gasteiger partial charge in [-0.05, 0) is 18.2 Å². The molecule has 0 aliphatic carbocycles. The molecule has 3 rings (SSSR count). The first kappa shape index (κ1) is 14.6. The van der Waals surface area contributed by atoms with Gasteiger partial charge in [-0.3, -0.25) is 14.6 Å². The third-order valence-corrected chi connectivity index (χ3v) is 3.17. The number of nitrogens with one attached hydrogen (secondary N) is 3. The van der Waals surface area contributed by atoms with Crippen LogP contribution in [0.2, 0.25) is 0 Å². The van der Waals surface area contributed by atoms with Gasteiger partial charge in [0, 0.05) is 31.0 Å². The van der Waals surface area contributed by atoms with Gasteiger partial charge in [-0.15, -0.1) is 0 Å². The SMILES string of the molecule is O=C(NCCNC(=O)c1cnccn1)c1ccc2nc[nH]c2c1. The van der Waals surface area contributed by atoms with Gasteiger partial charge in [-0.1, -0.05) is 0 Å². The second-order valence-electron chi connectivity index (χ2n) is 4.74. The fourth-order valence-corrected chi connectivity index (χ4v) is 2.04. The van der Waals surface area contributed by atoms with Gasteiger partial charge in [-0.2, -0.15) is 0 Å². The molecule has 0 aliphatic heterocycles. The number of fused-ring (bicyclic) bond motifs is 1. The number of aromatic nitrogens is 4. The van der Waals surface area contributed by atoms with Gasteiger partial charge in [0.2, 0.25) is 0 Å². The van der Waals surface area contributed by atoms with Crippen LogP contribution in [-0.4, -0.2) is 44.8 Å². The number of carbonyl (C=O) groups is 2. The number of rotatable bonds is 5. The van der Waals surface area contributed by atoms with E-state index in [2.05, 4.69) is 30.6 Å². The molecule has 0 bridgehead atoms. The number of H-pyrrole nitrogens is 1. The van der Waals surface area contributed by atoms with Gasteiger partial charge in [0.05, 0.1) is 23.6 Å². The predicted octanol–water partition coefficient (Wildman–Crippen LogP) is 0.513. The average molecular weight is 310 g/mol. The predicted molar refractivity (Wildman–Crippen MR) is 82.8 cm³/mol. The van der Waals surface area contributed by atoms with Crippen molar-refractivity contribution in [3.8, 4) is 0 Å². The molecule has 0 aliphatic rings. The maximum atomic E-state index is 12.0. The number of amides is 2. The Labute approximate surface area is 131 Å². The zero-order valence-corrected chi connectivity index (χ0v) is 12.1. The third kappa shape index (κ3) is 3.49. The van der Waals surface area contributed by atoms with E-state index >= 15 is 0 Å². The molecule has 0 atom stereocenters. The van der Waals surface area contributed by atoms with Crippen LogP contribution in [0.3, 0.4) is 0 Å². The van der Waals surface area contributed by atoms with E-state index in [1.165, 1.54) is 18.6 Å². The molecule has 116 valence electrons. The van der Waals surface area contributed by atoms with Crippen molar-refractivity contribution in [3.05, 3.63) is 54.4 Å². The molecule has 2 aromatic heterocycles. The summed E-state index contributed by atoms with van der Waals surface area (Å²) in [6.45, 7) is 0.610. The second-order valence-corrected chi connectivity index (χ2v) is 4.74. The summed E-state index contributed by atoms with van der Waals surface area (Å²) in [5.74, 6) is -0.540. The number of carbonyl (C=O) groups excluding carboxylic acids is 2. The van der Waals surface area contributed by atoms with Gasteiger partial charge in [0.1, 0.15) is 5.69 Å². The number of benzene rings is 1. The zero-order valence-electron chi connectivity index (χ0n) is 12.1. The first-order valence-electron chi connectivity index (χ1n) is 6.99. The quantitative estimate of drug-likeness (QED) is 0.594. The molecule has 0 saturated carbocycles. The topological polar surface area (TPSA) is 113 Å². The Hall–Kier alpha value is -3.29. The minimum atomic E-state index is -0.328. The van der Waals surface area contributed by atoms with Crippen molar-refractivity contribution >= 4 is 22.8 Å². The standard InChI is InChI=1S/C15H14N6O2/c22-14(10-1-2-11-12(7-10)21-9-20-11)18-5-6-19-15(23)13-8-16-3-4-17-13/h1-4,7-9H,5-6H2,(H,18,22)(H,19,23)(H,20,21). The first-order chi connectivity index (χ1) is 11.2. The number of imidazole rings is 1. The van der Waals surface area contributed by atoms with Crippen LogP contribution in [0, 0.1) is 0 Å². The molecular formula is C15H14N6O2. The lowest BCUT2D eigenvalue weighted by Crippen LogP contribution is -2.35. The summed E-state index contributed by atoms with van der Waals surface area (Å²) in [4.78, 5) is 38.5. The van der Waals surface area contributed by atoms with Crippen LogP contribution < -0.4 is 10.6 Å². The summed E-state index contributed by atoms with van der Waals surface area (Å²) in [7, 11) is 0. The van der Waals surface area contributed by atoms with Crippen LogP contribution in [0.15, 0.2) is 43.1 Å². The largest absolute Gasteiger partial charge is 0.350 e. The summed E-state index contributed by atoms with van der Waals surface area (Å²) in [6.07, 6.45) is 5.90. The Morgan fingerprint density at radius 2 is 1.87 bits per heavy atom. The summed E-state index contributed by atoms with van der Waals surface area (Å²) in [5.41, 5.74) is 2.37. The van der Waals surface area contributed by atoms with Crippen LogP contribution in [0.25, 0.3) is 11.0 Å². The molecule has 8 nitrogen and oxygen atoms in total. The smallest absolute Gasteiger partial charge is 0.271 e. The average Bonchev–Trinajstić information content (AvgIpc) is 3.06. The van der Waals surface area contributed by atoms with Gasteiger partial charge >= 0.3 is 0 Å². The lowest BCUT2D eigenvalue weighted by molar-refractivity contribution is 0.0925. The van der Waals surface area contributed by atoms with E-state index < -0.39 is 0 Å². The van der Waals surface area contributed by atoms with Crippen molar-refractivity contribution in [3.63, 3.8) is 0 Å². The van der Waals surface area contributed by atoms with E-state index in [0.29, 0.717) is 18.7 Å². The van der Waals surface area contributed by atoms with Crippen molar-refractivity contribution in [1.82, 2.24) is 30.6 Å². The van der Waals surface area contributed by atoms with Crippen LogP contribution in [-0.2, 0) is 0 Å². The highest BCUT2D eigenvalue weighted by atomic mass is 16.2. The molecule has 23 heavy (non-hydrogen) atoms. The Balaban J connectivity index is 1.48. The number of hydrogen-bond acceptors (Lipinski definition) is 5. The number of aromatic amines is 1. The van der Waals surface area contributed by atoms with Crippen LogP contribution in [0.5, 0.6) is 0 Å². The molecule has 3 aromatic rings. The molecule has 3 N–H and O–H groups in total. The minimum absolute atomic E-state index is 0.213. The normalized spacial score (nSPS) is 10.4. The Morgan fingerprint density at radius 3 is 2.65 bits per heavy atom. The minimum Gasteiger partial charge on any atom is -0.350 e. The maximum Gasteiger partial charge on any atom is 0.271 e. The van der Waals surface area contributed by atoms with Gasteiger partial charge in [0.15, 0.2) is 0 Å². The van der Waals surface area contributed by atoms with E-state index in [0.717, 1.165) is 11.0 Å². The molecule has 0 fully saturated rings.